The second-order valence-corrected chi connectivity index (χ2v) is 35.0. The summed E-state index contributed by atoms with van der Waals surface area (Å²) in [6.07, 6.45) is -1.14. The molecule has 0 radical (unpaired) electrons. The van der Waals surface area contributed by atoms with E-state index in [0.29, 0.717) is 96.0 Å². The molecule has 624 valence electrons. The first kappa shape index (κ1) is 94.9. The van der Waals surface area contributed by atoms with E-state index in [4.69, 9.17) is 74.7 Å². The molecule has 8 rings (SSSR count). The lowest BCUT2D eigenvalue weighted by molar-refractivity contribution is 0.0273. The van der Waals surface area contributed by atoms with Crippen molar-refractivity contribution in [3.05, 3.63) is 205 Å². The maximum Gasteiger partial charge on any atom is 0.408 e. The minimum Gasteiger partial charge on any atom is -0.493 e. The van der Waals surface area contributed by atoms with Crippen LogP contribution in [0.5, 0.6) is 23.0 Å². The van der Waals surface area contributed by atoms with Crippen LogP contribution in [0.2, 0.25) is 15.1 Å². The fourth-order valence-corrected chi connectivity index (χ4v) is 11.5. The summed E-state index contributed by atoms with van der Waals surface area (Å²) >= 11 is 18.0. The number of amides is 2. The van der Waals surface area contributed by atoms with Gasteiger partial charge in [0.25, 0.3) is 0 Å². The average molecular weight is 1660 g/mol. The van der Waals surface area contributed by atoms with Crippen molar-refractivity contribution < 1.29 is 86.3 Å². The number of carbonyl (C=O) groups is 4. The first-order valence-electron chi connectivity index (χ1n) is 37.0. The maximum atomic E-state index is 14.0. The molecule has 3 unspecified atom stereocenters. The van der Waals surface area contributed by atoms with Gasteiger partial charge in [-0.25, -0.2) is 37.7 Å². The number of nitrogens with one attached hydrogen (secondary N) is 2. The molecule has 28 heteroatoms. The number of methoxy groups -OCH3 is 2. The Morgan fingerprint density at radius 1 is 0.417 bits per heavy atom. The topological polar surface area (TPSA) is 340 Å². The molecule has 5 aromatic carbocycles. The van der Waals surface area contributed by atoms with Crippen LogP contribution in [0.4, 0.5) is 22.8 Å². The lowest BCUT2D eigenvalue weighted by Gasteiger charge is -2.31. The molecule has 3 atom stereocenters. The molecule has 0 aliphatic heterocycles. The number of carbonyl (C=O) groups excluding carboxylic acids is 4. The Bertz CT molecular complexity index is 4790. The number of rotatable bonds is 28. The smallest absolute Gasteiger partial charge is 0.408 e. The first-order valence-corrected chi connectivity index (χ1v) is 38.1. The number of aromatic nitrogens is 3. The Morgan fingerprint density at radius 3 is 1.00 bits per heavy atom. The third-order valence-corrected chi connectivity index (χ3v) is 18.7. The van der Waals surface area contributed by atoms with Crippen LogP contribution < -0.4 is 41.0 Å². The predicted octanol–water partition coefficient (Wildman–Crippen LogP) is 17.6. The van der Waals surface area contributed by atoms with Crippen molar-refractivity contribution in [3.8, 4) is 56.8 Å². The van der Waals surface area contributed by atoms with Gasteiger partial charge in [-0.1, -0.05) is 34.8 Å². The summed E-state index contributed by atoms with van der Waals surface area (Å²) < 4.78 is 74.2. The molecule has 115 heavy (non-hydrogen) atoms. The monoisotopic (exact) mass is 1650 g/mol. The van der Waals surface area contributed by atoms with Gasteiger partial charge in [0, 0.05) is 52.7 Å². The number of hydrogen-bond acceptors (Lipinski definition) is 20. The lowest BCUT2D eigenvalue weighted by atomic mass is 9.87. The van der Waals surface area contributed by atoms with E-state index in [2.05, 4.69) is 25.6 Å². The normalized spacial score (nSPS) is 13.7. The van der Waals surface area contributed by atoms with Gasteiger partial charge in [0.1, 0.15) is 58.7 Å². The summed E-state index contributed by atoms with van der Waals surface area (Å²) in [5.41, 5.74) is 8.06. The number of pyridine rings is 3. The molecule has 0 aliphatic carbocycles. The number of nitrogens with two attached hydrogens (primary N) is 2. The first-order chi connectivity index (χ1) is 52.7. The number of Topliss-reactive ketones (excluding diaryl/α,β-unsaturated/α-hetero) is 2. The van der Waals surface area contributed by atoms with Crippen LogP contribution in [0, 0.1) is 17.5 Å². The molecule has 2 amide bonds. The largest absolute Gasteiger partial charge is 0.493 e. The molecule has 3 aromatic heterocycles. The van der Waals surface area contributed by atoms with E-state index < -0.39 is 85.5 Å². The molecular formula is C87H109Cl3F3N7O15. The fraction of sp³-hybridized carbons (Fsp3) is 0.437. The van der Waals surface area contributed by atoms with Gasteiger partial charge in [-0.2, -0.15) is 0 Å². The van der Waals surface area contributed by atoms with Gasteiger partial charge in [0.15, 0.2) is 34.6 Å². The number of halogens is 6. The molecular weight excluding hydrogens is 1550 g/mol. The lowest BCUT2D eigenvalue weighted by Crippen LogP contribution is -2.44. The maximum absolute atomic E-state index is 14.0. The summed E-state index contributed by atoms with van der Waals surface area (Å²) in [6.45, 7) is 32.6. The molecule has 8 aromatic rings. The van der Waals surface area contributed by atoms with Crippen LogP contribution in [-0.4, -0.2) is 121 Å². The van der Waals surface area contributed by atoms with Crippen molar-refractivity contribution in [2.45, 2.75) is 213 Å². The van der Waals surface area contributed by atoms with Crippen molar-refractivity contribution in [2.24, 2.45) is 11.5 Å². The number of ether oxygens (including phenoxy) is 6. The van der Waals surface area contributed by atoms with Crippen LogP contribution in [0.25, 0.3) is 33.8 Å². The number of hydrogen-bond donors (Lipinski definition) is 9. The second-order valence-electron chi connectivity index (χ2n) is 33.8. The molecule has 0 fully saturated rings. The number of nitrogens with zero attached hydrogens (tertiary/aromatic N) is 3. The van der Waals surface area contributed by atoms with Crippen molar-refractivity contribution >= 4 is 58.6 Å². The minimum atomic E-state index is -1.59. The molecule has 0 aliphatic rings. The minimum absolute atomic E-state index is 0.00505. The van der Waals surface area contributed by atoms with E-state index in [1.165, 1.54) is 56.7 Å². The second kappa shape index (κ2) is 37.5. The van der Waals surface area contributed by atoms with Gasteiger partial charge in [0.2, 0.25) is 0 Å². The van der Waals surface area contributed by atoms with Gasteiger partial charge in [-0.3, -0.25) is 9.59 Å². The zero-order chi connectivity index (χ0) is 86.7. The van der Waals surface area contributed by atoms with E-state index >= 15 is 0 Å². The average Bonchev–Trinajstić information content (AvgIpc) is 0.788. The number of benzene rings is 5. The van der Waals surface area contributed by atoms with Gasteiger partial charge in [-0.05, 0) is 288 Å². The SMILES string of the molecule is CC(C)(C)OC(=O)NC(C)(C)c1cc(-c2ccc(F)c(Cl)c2)nc(C(C)(O)CN)c1.COc1cc(C(=O)CCC(C)(O)c2cc(C(C)(C)N)cc(-c3ccc(F)c(Cl)c3)n2)ccc1OCC(C)(C)O.COc1cc(C(=O)CCC(C)(O)c2cc(C(C)(C)NC(=O)OC(C)(C)C)cc(-c3ccc(F)c(Cl)c3)n2)ccc1OCC(C)(C)O. The van der Waals surface area contributed by atoms with Crippen LogP contribution in [0.15, 0.2) is 127 Å². The van der Waals surface area contributed by atoms with Crippen LogP contribution in [0.3, 0.4) is 0 Å². The van der Waals surface area contributed by atoms with Crippen molar-refractivity contribution in [1.29, 1.82) is 0 Å². The number of alkyl carbamates (subject to hydrolysis) is 2. The molecule has 22 nitrogen and oxygen atoms in total. The van der Waals surface area contributed by atoms with E-state index in [1.807, 2.05) is 13.8 Å². The third-order valence-electron chi connectivity index (χ3n) is 17.8. The van der Waals surface area contributed by atoms with Crippen LogP contribution >= 0.6 is 34.8 Å². The summed E-state index contributed by atoms with van der Waals surface area (Å²) in [5.74, 6) is -0.658. The van der Waals surface area contributed by atoms with E-state index in [1.54, 1.807) is 203 Å². The van der Waals surface area contributed by atoms with Gasteiger partial charge in [-0.15, -0.1) is 0 Å². The van der Waals surface area contributed by atoms with E-state index in [-0.39, 0.29) is 77.8 Å². The third kappa shape index (κ3) is 28.1. The number of ketones is 2. The molecule has 11 N–H and O–H groups in total. The highest BCUT2D eigenvalue weighted by molar-refractivity contribution is 6.31. The predicted molar refractivity (Wildman–Crippen MR) is 440 cm³/mol. The molecule has 3 heterocycles. The highest BCUT2D eigenvalue weighted by Gasteiger charge is 2.36. The Labute approximate surface area is 686 Å². The van der Waals surface area contributed by atoms with Gasteiger partial charge >= 0.3 is 12.2 Å². The fourth-order valence-electron chi connectivity index (χ4n) is 11.0. The van der Waals surface area contributed by atoms with Crippen molar-refractivity contribution in [1.82, 2.24) is 25.6 Å². The van der Waals surface area contributed by atoms with Crippen LogP contribution in [0.1, 0.15) is 212 Å². The zero-order valence-electron chi connectivity index (χ0n) is 69.2. The highest BCUT2D eigenvalue weighted by Crippen LogP contribution is 2.39. The Morgan fingerprint density at radius 2 is 0.722 bits per heavy atom. The standard InChI is InChI=1S/C35H44ClFN2O7.C30H36ClFN2O5.C22H29ClFN3O3/c1-32(2,3)46-31(41)39-34(6,7)23-18-26(21-10-12-25(37)24(36)16-21)38-30(19-23)35(8,43)15-14-27(40)22-11-13-28(29(17-22)44-9)45-20-33(4,5)42;1-28(2,36)17-39-25-10-8-19(14-26(25)38-6)24(35)11-12-30(5,37)27-16-20(29(3,4)33)15-23(34-27)18-7-9-22(32)21(31)13-18;1-20(2,3)30-19(28)27-21(4,5)14-10-17(13-7-8-16(24)15(23)9-13)26-18(11-14)22(6,29)12-25/h10-13,16-19,42-43H,14-15,20H2,1-9H3,(H,39,41);7-10,13-16,36-37H,11-12,17,33H2,1-6H3;7-11,29H,12,25H2,1-6H3,(H,27,28). The zero-order valence-corrected chi connectivity index (χ0v) is 71.4. The molecule has 0 spiro atoms. The summed E-state index contributed by atoms with van der Waals surface area (Å²) in [4.78, 5) is 65.2. The Balaban J connectivity index is 0.000000274. The van der Waals surface area contributed by atoms with Crippen molar-refractivity contribution in [3.63, 3.8) is 0 Å². The Hall–Kier alpha value is -8.99. The summed E-state index contributed by atoms with van der Waals surface area (Å²) in [7, 11) is 2.92. The number of aliphatic hydroxyl groups is 5. The van der Waals surface area contributed by atoms with Crippen molar-refractivity contribution in [2.75, 3.05) is 34.0 Å². The van der Waals surface area contributed by atoms with Gasteiger partial charge < -0.3 is 76.1 Å². The van der Waals surface area contributed by atoms with Gasteiger partial charge in [0.05, 0.1) is 85.7 Å². The van der Waals surface area contributed by atoms with E-state index in [0.717, 1.165) is 0 Å². The summed E-state index contributed by atoms with van der Waals surface area (Å²) in [5, 5.41) is 59.2. The Kier molecular flexibility index (Phi) is 30.9. The molecule has 0 bridgehead atoms. The highest BCUT2D eigenvalue weighted by atomic mass is 35.5. The quantitative estimate of drug-likeness (QED) is 0.0206. The van der Waals surface area contributed by atoms with Crippen LogP contribution in [-0.2, 0) is 42.9 Å². The molecule has 0 saturated heterocycles. The van der Waals surface area contributed by atoms with E-state index in [9.17, 15) is 57.9 Å². The molecule has 0 saturated carbocycles. The summed E-state index contributed by atoms with van der Waals surface area (Å²) in [6, 6.07) is 32.6.